The number of amides is 1. The first kappa shape index (κ1) is 13.7. The van der Waals surface area contributed by atoms with Crippen LogP contribution in [0.15, 0.2) is 17.5 Å². The van der Waals surface area contributed by atoms with E-state index in [2.05, 4.69) is 27.7 Å². The summed E-state index contributed by atoms with van der Waals surface area (Å²) in [5, 5.41) is 5.81. The van der Waals surface area contributed by atoms with E-state index < -0.39 is 0 Å². The first-order valence-corrected chi connectivity index (χ1v) is 8.90. The number of carbonyl (C=O) groups excluding carboxylic acids is 1. The lowest BCUT2D eigenvalue weighted by Gasteiger charge is -2.35. The summed E-state index contributed by atoms with van der Waals surface area (Å²) in [4.78, 5) is 16.6. The van der Waals surface area contributed by atoms with Crippen molar-refractivity contribution in [1.82, 2.24) is 10.2 Å². The minimum atomic E-state index is -0.285. The van der Waals surface area contributed by atoms with Gasteiger partial charge in [-0.1, -0.05) is 18.9 Å². The first-order valence-electron chi connectivity index (χ1n) is 8.02. The third kappa shape index (κ3) is 2.22. The second-order valence-electron chi connectivity index (χ2n) is 6.41. The predicted molar refractivity (Wildman–Crippen MR) is 82.1 cm³/mol. The van der Waals surface area contributed by atoms with Gasteiger partial charge in [0, 0.05) is 24.1 Å². The number of rotatable bonds is 2. The first-order chi connectivity index (χ1) is 10.3. The molecule has 1 N–H and O–H groups in total. The van der Waals surface area contributed by atoms with Gasteiger partial charge in [-0.15, -0.1) is 11.3 Å². The number of thiophene rings is 1. The number of nitrogens with one attached hydrogen (secondary N) is 1. The average molecular weight is 306 g/mol. The average Bonchev–Trinajstić information content (AvgIpc) is 3.24. The van der Waals surface area contributed by atoms with Gasteiger partial charge in [0.25, 0.3) is 0 Å². The molecule has 21 heavy (non-hydrogen) atoms. The molecule has 0 radical (unpaired) electrons. The maximum Gasteiger partial charge on any atom is 0.244 e. The summed E-state index contributed by atoms with van der Waals surface area (Å²) in [5.74, 6) is 0.338. The quantitative estimate of drug-likeness (QED) is 0.913. The van der Waals surface area contributed by atoms with E-state index in [0.29, 0.717) is 11.9 Å². The standard InChI is InChI=1S/C16H22N2O2S/c19-15-16(7-1-2-8-16)17-14(13-4-3-11-21-13)18(15)12-5-9-20-10-6-12/h3-4,11-12,14,17H,1-2,5-10H2. The molecule has 1 saturated carbocycles. The number of hydrogen-bond acceptors (Lipinski definition) is 4. The lowest BCUT2D eigenvalue weighted by molar-refractivity contribution is -0.137. The molecule has 3 fully saturated rings. The van der Waals surface area contributed by atoms with E-state index in [4.69, 9.17) is 4.74 Å². The molecule has 4 nitrogen and oxygen atoms in total. The summed E-state index contributed by atoms with van der Waals surface area (Å²) < 4.78 is 5.48. The highest BCUT2D eigenvalue weighted by Gasteiger charge is 2.54. The Bertz CT molecular complexity index is 504. The number of nitrogens with zero attached hydrogens (tertiary/aromatic N) is 1. The van der Waals surface area contributed by atoms with Gasteiger partial charge in [-0.2, -0.15) is 0 Å². The molecule has 2 saturated heterocycles. The van der Waals surface area contributed by atoms with Gasteiger partial charge in [-0.3, -0.25) is 10.1 Å². The van der Waals surface area contributed by atoms with E-state index in [0.717, 1.165) is 51.7 Å². The molecular formula is C16H22N2O2S. The zero-order valence-electron chi connectivity index (χ0n) is 12.2. The van der Waals surface area contributed by atoms with Crippen LogP contribution >= 0.6 is 11.3 Å². The Morgan fingerprint density at radius 3 is 2.71 bits per heavy atom. The lowest BCUT2D eigenvalue weighted by Crippen LogP contribution is -2.46. The number of carbonyl (C=O) groups is 1. The zero-order chi connectivity index (χ0) is 14.3. The van der Waals surface area contributed by atoms with E-state index in [1.54, 1.807) is 11.3 Å². The van der Waals surface area contributed by atoms with E-state index >= 15 is 0 Å². The minimum absolute atomic E-state index is 0.0682. The second kappa shape index (κ2) is 5.38. The monoisotopic (exact) mass is 306 g/mol. The summed E-state index contributed by atoms with van der Waals surface area (Å²) in [5.41, 5.74) is -0.285. The number of ether oxygens (including phenoxy) is 1. The van der Waals surface area contributed by atoms with Crippen molar-refractivity contribution in [2.45, 2.75) is 56.3 Å². The van der Waals surface area contributed by atoms with Gasteiger partial charge in [0.05, 0.1) is 5.54 Å². The molecule has 0 bridgehead atoms. The van der Waals surface area contributed by atoms with Crippen LogP contribution in [-0.2, 0) is 9.53 Å². The van der Waals surface area contributed by atoms with E-state index in [9.17, 15) is 4.79 Å². The third-order valence-electron chi connectivity index (χ3n) is 5.19. The largest absolute Gasteiger partial charge is 0.381 e. The smallest absolute Gasteiger partial charge is 0.244 e. The highest BCUT2D eigenvalue weighted by atomic mass is 32.1. The zero-order valence-corrected chi connectivity index (χ0v) is 13.0. The Hall–Kier alpha value is -0.910. The molecule has 3 aliphatic rings. The van der Waals surface area contributed by atoms with Gasteiger partial charge in [0.15, 0.2) is 0 Å². The fraction of sp³-hybridized carbons (Fsp3) is 0.688. The predicted octanol–water partition coefficient (Wildman–Crippen LogP) is 2.67. The molecule has 0 aromatic carbocycles. The molecule has 114 valence electrons. The van der Waals surface area contributed by atoms with Crippen LogP contribution < -0.4 is 5.32 Å². The van der Waals surface area contributed by atoms with E-state index in [1.807, 2.05) is 0 Å². The Labute approximate surface area is 129 Å². The van der Waals surface area contributed by atoms with Crippen LogP contribution in [0.1, 0.15) is 49.6 Å². The molecule has 1 aromatic rings. The summed E-state index contributed by atoms with van der Waals surface area (Å²) in [6.45, 7) is 1.55. The Kier molecular flexibility index (Phi) is 3.52. The van der Waals surface area contributed by atoms with Crippen molar-refractivity contribution in [2.75, 3.05) is 13.2 Å². The number of hydrogen-bond donors (Lipinski definition) is 1. The van der Waals surface area contributed by atoms with Crippen molar-refractivity contribution in [2.24, 2.45) is 0 Å². The Morgan fingerprint density at radius 2 is 2.05 bits per heavy atom. The van der Waals surface area contributed by atoms with Crippen LogP contribution in [0.2, 0.25) is 0 Å². The van der Waals surface area contributed by atoms with Gasteiger partial charge in [0.1, 0.15) is 6.17 Å². The molecule has 1 amide bonds. The van der Waals surface area contributed by atoms with Crippen LogP contribution in [0.4, 0.5) is 0 Å². The van der Waals surface area contributed by atoms with Crippen LogP contribution in [0.3, 0.4) is 0 Å². The Morgan fingerprint density at radius 1 is 1.29 bits per heavy atom. The molecule has 3 heterocycles. The van der Waals surface area contributed by atoms with Gasteiger partial charge in [-0.25, -0.2) is 0 Å². The van der Waals surface area contributed by atoms with Gasteiger partial charge in [0.2, 0.25) is 5.91 Å². The normalized spacial score (nSPS) is 29.6. The van der Waals surface area contributed by atoms with Crippen molar-refractivity contribution in [3.8, 4) is 0 Å². The molecule has 2 aliphatic heterocycles. The summed E-state index contributed by atoms with van der Waals surface area (Å²) in [7, 11) is 0. The molecule has 1 unspecified atom stereocenters. The van der Waals surface area contributed by atoms with Gasteiger partial charge >= 0.3 is 0 Å². The molecule has 1 atom stereocenters. The molecule has 1 aliphatic carbocycles. The maximum absolute atomic E-state index is 13.2. The van der Waals surface area contributed by atoms with Gasteiger partial charge in [-0.05, 0) is 37.1 Å². The van der Waals surface area contributed by atoms with Crippen LogP contribution in [0, 0.1) is 0 Å². The fourth-order valence-corrected chi connectivity index (χ4v) is 4.86. The van der Waals surface area contributed by atoms with E-state index in [-0.39, 0.29) is 11.7 Å². The van der Waals surface area contributed by atoms with E-state index in [1.165, 1.54) is 4.88 Å². The SMILES string of the molecule is O=C1N(C2CCOCC2)C(c2cccs2)NC12CCCC2. The van der Waals surface area contributed by atoms with Gasteiger partial charge < -0.3 is 9.64 Å². The van der Waals surface area contributed by atoms with Crippen LogP contribution in [0.25, 0.3) is 0 Å². The topological polar surface area (TPSA) is 41.6 Å². The maximum atomic E-state index is 13.2. The molecule has 1 aromatic heterocycles. The fourth-order valence-electron chi connectivity index (χ4n) is 4.09. The van der Waals surface area contributed by atoms with Crippen molar-refractivity contribution in [3.05, 3.63) is 22.4 Å². The van der Waals surface area contributed by atoms with Crippen LogP contribution in [0.5, 0.6) is 0 Å². The molecular weight excluding hydrogens is 284 g/mol. The van der Waals surface area contributed by atoms with Crippen molar-refractivity contribution in [1.29, 1.82) is 0 Å². The van der Waals surface area contributed by atoms with Crippen molar-refractivity contribution in [3.63, 3.8) is 0 Å². The van der Waals surface area contributed by atoms with Crippen molar-refractivity contribution >= 4 is 17.2 Å². The summed E-state index contributed by atoms with van der Waals surface area (Å²) in [6, 6.07) is 4.55. The minimum Gasteiger partial charge on any atom is -0.381 e. The highest BCUT2D eigenvalue weighted by Crippen LogP contribution is 2.43. The molecule has 1 spiro atoms. The summed E-state index contributed by atoms with van der Waals surface area (Å²) in [6.07, 6.45) is 6.31. The van der Waals surface area contributed by atoms with Crippen LogP contribution in [-0.4, -0.2) is 35.6 Å². The molecule has 5 heteroatoms. The molecule has 4 rings (SSSR count). The van der Waals surface area contributed by atoms with Crippen molar-refractivity contribution < 1.29 is 9.53 Å². The Balaban J connectivity index is 1.67. The third-order valence-corrected chi connectivity index (χ3v) is 6.11. The highest BCUT2D eigenvalue weighted by molar-refractivity contribution is 7.10. The second-order valence-corrected chi connectivity index (χ2v) is 7.39. The summed E-state index contributed by atoms with van der Waals surface area (Å²) >= 11 is 1.74. The lowest BCUT2D eigenvalue weighted by atomic mass is 9.97.